The first-order valence-electron chi connectivity index (χ1n) is 9.90. The van der Waals surface area contributed by atoms with E-state index < -0.39 is 12.0 Å². The van der Waals surface area contributed by atoms with E-state index in [1.807, 2.05) is 55.1 Å². The third kappa shape index (κ3) is 3.58. The van der Waals surface area contributed by atoms with Crippen molar-refractivity contribution in [2.75, 3.05) is 4.90 Å². The Balaban J connectivity index is 1.91. The average Bonchev–Trinajstić information content (AvgIpc) is 3.11. The number of para-hydroxylation sites is 1. The van der Waals surface area contributed by atoms with Crippen LogP contribution in [0.4, 0.5) is 11.4 Å². The lowest BCUT2D eigenvalue weighted by atomic mass is 9.94. The highest BCUT2D eigenvalue weighted by atomic mass is 79.9. The van der Waals surface area contributed by atoms with E-state index in [1.165, 1.54) is 22.3 Å². The van der Waals surface area contributed by atoms with Crippen LogP contribution < -0.4 is 4.90 Å². The fourth-order valence-corrected chi connectivity index (χ4v) is 4.52. The van der Waals surface area contributed by atoms with Gasteiger partial charge in [0.1, 0.15) is 6.04 Å². The third-order valence-electron chi connectivity index (χ3n) is 5.87. The van der Waals surface area contributed by atoms with Gasteiger partial charge >= 0.3 is 5.97 Å². The van der Waals surface area contributed by atoms with Crippen molar-refractivity contribution >= 4 is 33.3 Å². The van der Waals surface area contributed by atoms with Gasteiger partial charge < -0.3 is 10.0 Å². The van der Waals surface area contributed by atoms with Crippen molar-refractivity contribution in [2.45, 2.75) is 31.1 Å². The minimum Gasteiger partial charge on any atom is -0.480 e. The molecule has 0 heterocycles. The van der Waals surface area contributed by atoms with Gasteiger partial charge in [-0.05, 0) is 46.4 Å². The summed E-state index contributed by atoms with van der Waals surface area (Å²) in [5.74, 6) is -0.923. The Morgan fingerprint density at radius 1 is 0.931 bits per heavy atom. The monoisotopic (exact) mass is 449 g/mol. The Bertz CT molecular complexity index is 1030. The number of benzene rings is 3. The molecule has 4 rings (SSSR count). The first-order chi connectivity index (χ1) is 14.0. The number of rotatable bonds is 6. The van der Waals surface area contributed by atoms with Crippen molar-refractivity contribution in [1.29, 1.82) is 0 Å². The summed E-state index contributed by atoms with van der Waals surface area (Å²) in [6, 6.07) is 23.8. The number of carboxylic acids is 1. The highest BCUT2D eigenvalue weighted by Gasteiger charge is 2.36. The summed E-state index contributed by atoms with van der Waals surface area (Å²) in [5.41, 5.74) is 6.78. The van der Waals surface area contributed by atoms with E-state index in [9.17, 15) is 9.90 Å². The molecule has 0 aromatic heterocycles. The summed E-state index contributed by atoms with van der Waals surface area (Å²) < 4.78 is 0. The summed E-state index contributed by atoms with van der Waals surface area (Å²) in [6.45, 7) is 4.00. The molecule has 3 unspecified atom stereocenters. The van der Waals surface area contributed by atoms with Crippen LogP contribution in [0.5, 0.6) is 0 Å². The van der Waals surface area contributed by atoms with Gasteiger partial charge in [0, 0.05) is 22.6 Å². The number of carbonyl (C=O) groups is 1. The lowest BCUT2D eigenvalue weighted by Crippen LogP contribution is -2.45. The Morgan fingerprint density at radius 3 is 2.28 bits per heavy atom. The maximum atomic E-state index is 12.5. The van der Waals surface area contributed by atoms with E-state index in [4.69, 9.17) is 0 Å². The molecule has 0 amide bonds. The van der Waals surface area contributed by atoms with E-state index in [0.29, 0.717) is 0 Å². The molecule has 4 heteroatoms. The Hall–Kier alpha value is -2.59. The van der Waals surface area contributed by atoms with Crippen LogP contribution in [0.25, 0.3) is 11.1 Å². The van der Waals surface area contributed by atoms with Gasteiger partial charge in [0.2, 0.25) is 0 Å². The molecule has 0 saturated carbocycles. The maximum absolute atomic E-state index is 12.5. The van der Waals surface area contributed by atoms with Gasteiger partial charge in [-0.1, -0.05) is 84.4 Å². The first kappa shape index (κ1) is 19.7. The van der Waals surface area contributed by atoms with Gasteiger partial charge in [0.15, 0.2) is 0 Å². The van der Waals surface area contributed by atoms with E-state index in [0.717, 1.165) is 17.8 Å². The molecule has 0 fully saturated rings. The second kappa shape index (κ2) is 8.03. The summed E-state index contributed by atoms with van der Waals surface area (Å²) in [7, 11) is 0. The molecular formula is C25H24BrNO2. The molecule has 3 aromatic carbocycles. The number of aliphatic carboxylic acids is 1. The normalized spacial score (nSPS) is 15.1. The second-order valence-corrected chi connectivity index (χ2v) is 9.11. The molecule has 29 heavy (non-hydrogen) atoms. The highest BCUT2D eigenvalue weighted by Crippen LogP contribution is 2.44. The van der Waals surface area contributed by atoms with Crippen LogP contribution >= 0.6 is 15.9 Å². The van der Waals surface area contributed by atoms with Crippen molar-refractivity contribution in [2.24, 2.45) is 5.92 Å². The van der Waals surface area contributed by atoms with Crippen LogP contribution in [-0.2, 0) is 11.2 Å². The van der Waals surface area contributed by atoms with Crippen LogP contribution in [0.2, 0.25) is 0 Å². The SMILES string of the molecule is CC(Br)C(C)C(C(=O)O)N(c1ccccc1)c1cccc2c1Cc1ccccc1-2. The molecule has 0 radical (unpaired) electrons. The topological polar surface area (TPSA) is 40.5 Å². The van der Waals surface area contributed by atoms with E-state index in [1.54, 1.807) is 0 Å². The first-order valence-corrected chi connectivity index (χ1v) is 10.8. The quantitative estimate of drug-likeness (QED) is 0.352. The zero-order valence-corrected chi connectivity index (χ0v) is 18.1. The summed E-state index contributed by atoms with van der Waals surface area (Å²) in [5, 5.41) is 10.2. The molecule has 148 valence electrons. The minimum absolute atomic E-state index is 0.0590. The second-order valence-electron chi connectivity index (χ2n) is 7.66. The van der Waals surface area contributed by atoms with Gasteiger partial charge in [0.05, 0.1) is 0 Å². The lowest BCUT2D eigenvalue weighted by Gasteiger charge is -2.37. The number of nitrogens with zero attached hydrogens (tertiary/aromatic N) is 1. The number of alkyl halides is 1. The highest BCUT2D eigenvalue weighted by molar-refractivity contribution is 9.09. The Kier molecular flexibility index (Phi) is 5.46. The lowest BCUT2D eigenvalue weighted by molar-refractivity contribution is -0.139. The number of fused-ring (bicyclic) bond motifs is 3. The zero-order valence-electron chi connectivity index (χ0n) is 16.5. The van der Waals surface area contributed by atoms with Gasteiger partial charge in [-0.2, -0.15) is 0 Å². The number of hydrogen-bond donors (Lipinski definition) is 1. The van der Waals surface area contributed by atoms with Crippen LogP contribution in [0.15, 0.2) is 72.8 Å². The fourth-order valence-electron chi connectivity index (χ4n) is 4.23. The molecule has 0 saturated heterocycles. The molecule has 1 aliphatic carbocycles. The standard InChI is InChI=1S/C25H24BrNO2/c1-16(17(2)26)24(25(28)29)27(19-10-4-3-5-11-19)23-14-8-13-21-20-12-7-6-9-18(20)15-22(21)23/h3-14,16-17,24H,15H2,1-2H3,(H,28,29). The summed E-state index contributed by atoms with van der Waals surface area (Å²) >= 11 is 3.62. The van der Waals surface area contributed by atoms with Crippen molar-refractivity contribution < 1.29 is 9.90 Å². The maximum Gasteiger partial charge on any atom is 0.327 e. The Labute approximate surface area is 180 Å². The van der Waals surface area contributed by atoms with Gasteiger partial charge in [-0.15, -0.1) is 0 Å². The predicted octanol–water partition coefficient (Wildman–Crippen LogP) is 6.27. The number of halogens is 1. The van der Waals surface area contributed by atoms with Crippen LogP contribution in [0.1, 0.15) is 25.0 Å². The van der Waals surface area contributed by atoms with Crippen molar-refractivity contribution in [3.05, 3.63) is 83.9 Å². The molecule has 3 nitrogen and oxygen atoms in total. The summed E-state index contributed by atoms with van der Waals surface area (Å²) in [4.78, 5) is 14.6. The number of carboxylic acid groups (broad SMARTS) is 1. The van der Waals surface area contributed by atoms with Crippen molar-refractivity contribution in [3.8, 4) is 11.1 Å². The molecular weight excluding hydrogens is 426 g/mol. The zero-order chi connectivity index (χ0) is 20.5. The van der Waals surface area contributed by atoms with Crippen LogP contribution in [-0.4, -0.2) is 21.9 Å². The average molecular weight is 450 g/mol. The Morgan fingerprint density at radius 2 is 1.59 bits per heavy atom. The summed E-state index contributed by atoms with van der Waals surface area (Å²) in [6.07, 6.45) is 0.815. The smallest absolute Gasteiger partial charge is 0.327 e. The molecule has 1 aliphatic rings. The minimum atomic E-state index is -0.819. The van der Waals surface area contributed by atoms with Gasteiger partial charge in [-0.25, -0.2) is 4.79 Å². The fraction of sp³-hybridized carbons (Fsp3) is 0.240. The van der Waals surface area contributed by atoms with E-state index in [2.05, 4.69) is 52.3 Å². The largest absolute Gasteiger partial charge is 0.480 e. The van der Waals surface area contributed by atoms with Gasteiger partial charge in [-0.3, -0.25) is 0 Å². The molecule has 0 spiro atoms. The van der Waals surface area contributed by atoms with E-state index >= 15 is 0 Å². The predicted molar refractivity (Wildman–Crippen MR) is 122 cm³/mol. The molecule has 0 aliphatic heterocycles. The van der Waals surface area contributed by atoms with Crippen molar-refractivity contribution in [3.63, 3.8) is 0 Å². The van der Waals surface area contributed by atoms with Crippen LogP contribution in [0.3, 0.4) is 0 Å². The van der Waals surface area contributed by atoms with Gasteiger partial charge in [0.25, 0.3) is 0 Å². The molecule has 3 aromatic rings. The number of anilines is 2. The molecule has 1 N–H and O–H groups in total. The van der Waals surface area contributed by atoms with E-state index in [-0.39, 0.29) is 10.7 Å². The van der Waals surface area contributed by atoms with Crippen LogP contribution in [0, 0.1) is 5.92 Å². The third-order valence-corrected chi connectivity index (χ3v) is 6.71. The number of hydrogen-bond acceptors (Lipinski definition) is 2. The molecule has 3 atom stereocenters. The molecule has 0 bridgehead atoms. The van der Waals surface area contributed by atoms with Crippen molar-refractivity contribution in [1.82, 2.24) is 0 Å².